The first kappa shape index (κ1) is 48.3. The van der Waals surface area contributed by atoms with Gasteiger partial charge in [-0.2, -0.15) is 36.9 Å². The number of hydrogen-bond acceptors (Lipinski definition) is 2. The Kier molecular flexibility index (Phi) is 10.5. The van der Waals surface area contributed by atoms with Crippen LogP contribution in [0, 0.1) is 22.7 Å². The SMILES string of the molecule is N#Cc1c(-c2cccc3c4ccccc4n(-c4ccccc4)c23)c(-n2c3ccccc3c3ccc(C(F)(F)F)cc32)c(C#N)c(-c2cccc3c4ccccc4n(-c4ccccc4)c23)c1-n1c2ccccc2c2ccc(C(F)(F)F)cc21. The molecule has 4 heterocycles. The molecule has 0 saturated carbocycles. The van der Waals surface area contributed by atoms with Gasteiger partial charge < -0.3 is 18.3 Å². The molecular formula is C70H38F6N6. The van der Waals surface area contributed by atoms with Crippen LogP contribution >= 0.6 is 0 Å². The van der Waals surface area contributed by atoms with E-state index >= 15 is 26.3 Å². The number of benzene rings is 11. The summed E-state index contributed by atoms with van der Waals surface area (Å²) < 4.78 is 99.2. The molecule has 0 aliphatic carbocycles. The van der Waals surface area contributed by atoms with Crippen LogP contribution in [0.25, 0.3) is 132 Å². The molecule has 0 N–H and O–H groups in total. The van der Waals surface area contributed by atoms with Crippen molar-refractivity contribution in [2.75, 3.05) is 0 Å². The second-order valence-electron chi connectivity index (χ2n) is 20.4. The topological polar surface area (TPSA) is 67.3 Å². The van der Waals surface area contributed by atoms with Gasteiger partial charge in [0.1, 0.15) is 12.1 Å². The zero-order valence-corrected chi connectivity index (χ0v) is 42.9. The molecule has 0 bridgehead atoms. The minimum absolute atomic E-state index is 0.0567. The maximum absolute atomic E-state index is 15.3. The van der Waals surface area contributed by atoms with Crippen molar-refractivity contribution in [3.63, 3.8) is 0 Å². The second-order valence-corrected chi connectivity index (χ2v) is 20.4. The molecule has 390 valence electrons. The monoisotopic (exact) mass is 1080 g/mol. The van der Waals surface area contributed by atoms with E-state index in [2.05, 4.69) is 21.3 Å². The molecule has 0 saturated heterocycles. The number of halogens is 6. The molecule has 0 amide bonds. The molecule has 15 aromatic rings. The van der Waals surface area contributed by atoms with Crippen LogP contribution in [-0.4, -0.2) is 18.3 Å². The predicted octanol–water partition coefficient (Wildman–Crippen LogP) is 19.2. The van der Waals surface area contributed by atoms with Crippen LogP contribution in [0.2, 0.25) is 0 Å². The Morgan fingerprint density at radius 1 is 0.293 bits per heavy atom. The summed E-state index contributed by atoms with van der Waals surface area (Å²) in [5.74, 6) is 0. The number of hydrogen-bond donors (Lipinski definition) is 0. The quantitative estimate of drug-likeness (QED) is 0.156. The highest BCUT2D eigenvalue weighted by atomic mass is 19.4. The van der Waals surface area contributed by atoms with Gasteiger partial charge >= 0.3 is 12.4 Å². The molecule has 0 unspecified atom stereocenters. The van der Waals surface area contributed by atoms with Crippen LogP contribution in [0.5, 0.6) is 0 Å². The smallest absolute Gasteiger partial charge is 0.309 e. The van der Waals surface area contributed by atoms with E-state index in [0.717, 1.165) is 68.2 Å². The number of rotatable bonds is 6. The maximum atomic E-state index is 15.3. The molecule has 0 radical (unpaired) electrons. The Hall–Kier alpha value is -10.8. The van der Waals surface area contributed by atoms with E-state index in [-0.39, 0.29) is 44.7 Å². The highest BCUT2D eigenvalue weighted by Crippen LogP contribution is 2.53. The molecule has 11 aromatic carbocycles. The Balaban J connectivity index is 1.27. The highest BCUT2D eigenvalue weighted by molar-refractivity contribution is 6.20. The van der Waals surface area contributed by atoms with Crippen molar-refractivity contribution < 1.29 is 26.3 Å². The summed E-state index contributed by atoms with van der Waals surface area (Å²) in [4.78, 5) is 0. The third kappa shape index (κ3) is 6.95. The maximum Gasteiger partial charge on any atom is 0.416 e. The molecule has 0 aliphatic rings. The molecule has 6 nitrogen and oxygen atoms in total. The van der Waals surface area contributed by atoms with Gasteiger partial charge in [0.2, 0.25) is 0 Å². The summed E-state index contributed by atoms with van der Waals surface area (Å²) in [6.07, 6.45) is -9.59. The fourth-order valence-corrected chi connectivity index (χ4v) is 12.8. The Morgan fingerprint density at radius 2 is 0.598 bits per heavy atom. The average Bonchev–Trinajstić information content (AvgIpc) is 4.35. The molecule has 4 aromatic heterocycles. The number of nitrogens with zero attached hydrogens (tertiary/aromatic N) is 6. The summed E-state index contributed by atoms with van der Waals surface area (Å²) in [5, 5.41) is 30.7. The third-order valence-electron chi connectivity index (χ3n) is 16.1. The molecule has 82 heavy (non-hydrogen) atoms. The fourth-order valence-electron chi connectivity index (χ4n) is 12.8. The third-order valence-corrected chi connectivity index (χ3v) is 16.1. The Morgan fingerprint density at radius 3 is 0.951 bits per heavy atom. The zero-order valence-electron chi connectivity index (χ0n) is 42.9. The summed E-state index contributed by atoms with van der Waals surface area (Å²) >= 11 is 0. The number of para-hydroxylation sites is 8. The molecule has 15 rings (SSSR count). The van der Waals surface area contributed by atoms with Crippen LogP contribution in [0.15, 0.2) is 231 Å². The summed E-state index contributed by atoms with van der Waals surface area (Å²) in [6, 6.07) is 73.1. The van der Waals surface area contributed by atoms with E-state index in [1.165, 1.54) is 12.1 Å². The van der Waals surface area contributed by atoms with Gasteiger partial charge in [0.25, 0.3) is 0 Å². The molecule has 0 spiro atoms. The van der Waals surface area contributed by atoms with Gasteiger partial charge in [-0.05, 0) is 72.8 Å². The largest absolute Gasteiger partial charge is 0.416 e. The lowest BCUT2D eigenvalue weighted by Crippen LogP contribution is -2.12. The molecule has 0 atom stereocenters. The van der Waals surface area contributed by atoms with E-state index in [0.29, 0.717) is 54.7 Å². The van der Waals surface area contributed by atoms with E-state index in [4.69, 9.17) is 0 Å². The van der Waals surface area contributed by atoms with E-state index in [1.807, 2.05) is 158 Å². The van der Waals surface area contributed by atoms with Crippen LogP contribution in [0.3, 0.4) is 0 Å². The minimum atomic E-state index is -4.79. The van der Waals surface area contributed by atoms with Gasteiger partial charge in [0, 0.05) is 76.7 Å². The minimum Gasteiger partial charge on any atom is -0.309 e. The first-order valence-corrected chi connectivity index (χ1v) is 26.4. The Labute approximate surface area is 462 Å². The zero-order chi connectivity index (χ0) is 55.8. The lowest BCUT2D eigenvalue weighted by Gasteiger charge is -2.26. The fraction of sp³-hybridized carbons (Fsp3) is 0.0286. The van der Waals surface area contributed by atoms with E-state index in [9.17, 15) is 10.5 Å². The predicted molar refractivity (Wildman–Crippen MR) is 314 cm³/mol. The highest BCUT2D eigenvalue weighted by Gasteiger charge is 2.37. The lowest BCUT2D eigenvalue weighted by atomic mass is 9.85. The van der Waals surface area contributed by atoms with E-state index < -0.39 is 23.5 Å². The first-order valence-electron chi connectivity index (χ1n) is 26.4. The van der Waals surface area contributed by atoms with Crippen molar-refractivity contribution in [3.8, 4) is 57.1 Å². The van der Waals surface area contributed by atoms with Crippen LogP contribution in [-0.2, 0) is 12.4 Å². The van der Waals surface area contributed by atoms with Gasteiger partial charge in [-0.1, -0.05) is 158 Å². The van der Waals surface area contributed by atoms with Crippen LogP contribution in [0.1, 0.15) is 22.3 Å². The molecular weight excluding hydrogens is 1040 g/mol. The van der Waals surface area contributed by atoms with Gasteiger partial charge in [-0.3, -0.25) is 0 Å². The van der Waals surface area contributed by atoms with Crippen molar-refractivity contribution in [1.82, 2.24) is 18.3 Å². The summed E-state index contributed by atoms with van der Waals surface area (Å²) in [6.45, 7) is 0. The Bertz CT molecular complexity index is 4950. The standard InChI is InChI=1S/C70H38F6N6/c71-69(72,73)41-33-35-49-45-21-7-13-31-59(45)81(61(49)37-41)67-56(40-78)64(54-28-16-26-52-48-24-10-12-30-58(48)80(66(52)54)44-19-5-2-6-20-44)68(82-60-32-14-8-22-46(60)50-36-34-42(38-62(50)82)70(74,75)76)55(39-77)63(67)53-27-15-25-51-47-23-9-11-29-57(47)79(65(51)53)43-17-3-1-4-18-43/h1-38H. The van der Waals surface area contributed by atoms with Crippen LogP contribution in [0.4, 0.5) is 26.3 Å². The normalized spacial score (nSPS) is 12.2. The molecule has 12 heteroatoms. The summed E-state index contributed by atoms with van der Waals surface area (Å²) in [5.41, 5.74) is 4.84. The van der Waals surface area contributed by atoms with E-state index in [1.54, 1.807) is 45.5 Å². The van der Waals surface area contributed by atoms with Gasteiger partial charge in [-0.25, -0.2) is 0 Å². The average molecular weight is 1080 g/mol. The van der Waals surface area contributed by atoms with Gasteiger partial charge in [-0.15, -0.1) is 0 Å². The van der Waals surface area contributed by atoms with Crippen LogP contribution < -0.4 is 0 Å². The number of nitriles is 2. The van der Waals surface area contributed by atoms with Crippen molar-refractivity contribution in [2.45, 2.75) is 12.4 Å². The van der Waals surface area contributed by atoms with Gasteiger partial charge in [0.05, 0.1) is 77.8 Å². The van der Waals surface area contributed by atoms with Gasteiger partial charge in [0.15, 0.2) is 0 Å². The van der Waals surface area contributed by atoms with Crippen molar-refractivity contribution in [3.05, 3.63) is 253 Å². The number of fused-ring (bicyclic) bond motifs is 12. The lowest BCUT2D eigenvalue weighted by molar-refractivity contribution is -0.138. The molecule has 0 fully saturated rings. The molecule has 0 aliphatic heterocycles. The van der Waals surface area contributed by atoms with Crippen molar-refractivity contribution in [1.29, 1.82) is 10.5 Å². The second kappa shape index (κ2) is 17.8. The van der Waals surface area contributed by atoms with Crippen molar-refractivity contribution in [2.24, 2.45) is 0 Å². The number of alkyl halides is 6. The number of aromatic nitrogens is 4. The summed E-state index contributed by atoms with van der Waals surface area (Å²) in [7, 11) is 0. The van der Waals surface area contributed by atoms with Crippen molar-refractivity contribution >= 4 is 87.2 Å². The first-order chi connectivity index (χ1) is 39.9.